The molecule has 0 bridgehead atoms. The maximum absolute atomic E-state index is 10.3. The van der Waals surface area contributed by atoms with Crippen LogP contribution in [0.5, 0.6) is 11.5 Å². The molecule has 161 valence electrons. The van der Waals surface area contributed by atoms with Gasteiger partial charge in [0.25, 0.3) is 0 Å². The molecule has 0 aliphatic carbocycles. The fourth-order valence-corrected chi connectivity index (χ4v) is 2.83. The van der Waals surface area contributed by atoms with Crippen LogP contribution in [0, 0.1) is 6.92 Å². The van der Waals surface area contributed by atoms with E-state index < -0.39 is 0 Å². The van der Waals surface area contributed by atoms with E-state index in [0.29, 0.717) is 12.4 Å². The third-order valence-corrected chi connectivity index (χ3v) is 4.15. The second kappa shape index (κ2) is 18.2. The molecule has 1 aromatic rings. The molecule has 0 amide bonds. The number of hydrogen-bond acceptors (Lipinski definition) is 2. The fourth-order valence-electron chi connectivity index (χ4n) is 2.83. The first-order valence-corrected chi connectivity index (χ1v) is 9.85. The van der Waals surface area contributed by atoms with Crippen molar-refractivity contribution in [3.8, 4) is 11.5 Å². The quantitative estimate of drug-likeness (QED) is 0.475. The molecule has 1 N–H and O–H groups in total. The Balaban J connectivity index is -0.000000883. The van der Waals surface area contributed by atoms with Gasteiger partial charge in [-0.3, -0.25) is 0 Å². The van der Waals surface area contributed by atoms with Gasteiger partial charge in [0, 0.05) is 35.7 Å². The summed E-state index contributed by atoms with van der Waals surface area (Å²) in [5.41, 5.74) is 6.85. The first-order chi connectivity index (χ1) is 13.4. The molecule has 0 aromatic heterocycles. The minimum atomic E-state index is 0. The van der Waals surface area contributed by atoms with E-state index in [9.17, 15) is 5.11 Å². The summed E-state index contributed by atoms with van der Waals surface area (Å²) in [7, 11) is 0. The number of ether oxygens (including phenoxy) is 1. The van der Waals surface area contributed by atoms with Crippen molar-refractivity contribution in [3.63, 3.8) is 0 Å². The van der Waals surface area contributed by atoms with Gasteiger partial charge in [0.2, 0.25) is 0 Å². The Morgan fingerprint density at radius 2 is 1.66 bits per heavy atom. The van der Waals surface area contributed by atoms with E-state index in [4.69, 9.17) is 4.74 Å². The predicted octanol–water partition coefficient (Wildman–Crippen LogP) is 7.97. The third kappa shape index (κ3) is 10.4. The van der Waals surface area contributed by atoms with Gasteiger partial charge in [-0.15, -0.1) is 26.3 Å². The van der Waals surface area contributed by atoms with Gasteiger partial charge in [0.1, 0.15) is 18.1 Å². The number of benzene rings is 1. The number of allylic oxidation sites excluding steroid dienone is 4. The van der Waals surface area contributed by atoms with Crippen LogP contribution in [0.15, 0.2) is 62.3 Å². The van der Waals surface area contributed by atoms with Crippen LogP contribution in [0.25, 0.3) is 5.57 Å². The summed E-state index contributed by atoms with van der Waals surface area (Å²) in [5.74, 6) is 1.08. The van der Waals surface area contributed by atoms with E-state index in [1.807, 2.05) is 20.8 Å². The Kier molecular flexibility index (Phi) is 19.9. The van der Waals surface area contributed by atoms with Crippen LogP contribution in [-0.4, -0.2) is 11.7 Å². The normalized spacial score (nSPS) is 11.0. The first kappa shape index (κ1) is 31.8. The van der Waals surface area contributed by atoms with Crippen LogP contribution in [-0.2, 0) is 25.0 Å². The Hall–Kier alpha value is -1.90. The van der Waals surface area contributed by atoms with Crippen LogP contribution in [0.3, 0.4) is 0 Å². The van der Waals surface area contributed by atoms with E-state index in [0.717, 1.165) is 47.3 Å². The fraction of sp³-hybridized carbons (Fsp3) is 0.385. The van der Waals surface area contributed by atoms with Gasteiger partial charge >= 0.3 is 0 Å². The molecule has 0 fully saturated rings. The zero-order chi connectivity index (χ0) is 22.3. The summed E-state index contributed by atoms with van der Waals surface area (Å²) in [6.07, 6.45) is 7.36. The van der Waals surface area contributed by atoms with Gasteiger partial charge < -0.3 is 9.84 Å². The summed E-state index contributed by atoms with van der Waals surface area (Å²) < 4.78 is 5.55. The van der Waals surface area contributed by atoms with Gasteiger partial charge in [-0.1, -0.05) is 43.7 Å². The second-order valence-electron chi connectivity index (χ2n) is 6.34. The molecule has 1 aromatic carbocycles. The molecule has 3 heteroatoms. The van der Waals surface area contributed by atoms with Crippen LogP contribution in [0.2, 0.25) is 0 Å². The monoisotopic (exact) mass is 435 g/mol. The topological polar surface area (TPSA) is 29.5 Å². The summed E-state index contributed by atoms with van der Waals surface area (Å²) in [4.78, 5) is 0. The Bertz CT molecular complexity index is 678. The first-order valence-electron chi connectivity index (χ1n) is 9.85. The zero-order valence-electron chi connectivity index (χ0n) is 19.4. The van der Waals surface area contributed by atoms with E-state index >= 15 is 0 Å². The van der Waals surface area contributed by atoms with Gasteiger partial charge in [-0.25, -0.2) is 0 Å². The van der Waals surface area contributed by atoms with E-state index in [1.165, 1.54) is 11.1 Å². The van der Waals surface area contributed by atoms with Crippen molar-refractivity contribution < 1.29 is 28.4 Å². The standard InChI is InChI=1S/C20H26O2.C2H6.2C2H4.V/c1-13(2)7-6-8-14(3)9-10-17-16(5)20-15(4)12-22-19(20)11-18(17)21;3*1-2;/h7,9,11,21H,4,6,8,10,12H2,1-3,5H3;1-2H3;2*1-2H2;/b14-9-;;;;. The van der Waals surface area contributed by atoms with Crippen molar-refractivity contribution >= 4 is 5.57 Å². The number of fused-ring (bicyclic) bond motifs is 1. The Morgan fingerprint density at radius 1 is 1.10 bits per heavy atom. The predicted molar refractivity (Wildman–Crippen MR) is 127 cm³/mol. The van der Waals surface area contributed by atoms with Crippen LogP contribution in [0.1, 0.15) is 64.2 Å². The molecule has 0 spiro atoms. The molecule has 2 rings (SSSR count). The van der Waals surface area contributed by atoms with Crippen molar-refractivity contribution in [2.75, 3.05) is 6.61 Å². The molecule has 0 saturated heterocycles. The van der Waals surface area contributed by atoms with Crippen molar-refractivity contribution in [1.82, 2.24) is 0 Å². The number of phenolic OH excluding ortho intramolecular Hbond substituents is 1. The smallest absolute Gasteiger partial charge is 0.131 e. The molecule has 1 aliphatic rings. The molecule has 0 atom stereocenters. The Morgan fingerprint density at radius 3 is 2.17 bits per heavy atom. The van der Waals surface area contributed by atoms with Crippen molar-refractivity contribution in [3.05, 3.63) is 78.9 Å². The van der Waals surface area contributed by atoms with Crippen LogP contribution in [0.4, 0.5) is 0 Å². The molecular weight excluding hydrogens is 395 g/mol. The SMILES string of the molecule is C=C.C=C.C=C1COc2cc(O)c(C/C=C(/C)CCC=C(C)C)c(C)c21.CC.[V]. The van der Waals surface area contributed by atoms with E-state index in [2.05, 4.69) is 65.8 Å². The second-order valence-corrected chi connectivity index (χ2v) is 6.34. The maximum Gasteiger partial charge on any atom is 0.131 e. The molecule has 1 radical (unpaired) electrons. The number of aromatic hydroxyl groups is 1. The van der Waals surface area contributed by atoms with Crippen molar-refractivity contribution in [2.24, 2.45) is 0 Å². The number of phenols is 1. The largest absolute Gasteiger partial charge is 0.508 e. The van der Waals surface area contributed by atoms with Gasteiger partial charge in [-0.2, -0.15) is 0 Å². The van der Waals surface area contributed by atoms with E-state index in [-0.39, 0.29) is 18.6 Å². The van der Waals surface area contributed by atoms with Crippen LogP contribution >= 0.6 is 0 Å². The van der Waals surface area contributed by atoms with E-state index in [1.54, 1.807) is 6.07 Å². The van der Waals surface area contributed by atoms with Gasteiger partial charge in [0.05, 0.1) is 0 Å². The molecule has 1 aliphatic heterocycles. The maximum atomic E-state index is 10.3. The summed E-state index contributed by atoms with van der Waals surface area (Å²) in [6.45, 7) is 29.0. The van der Waals surface area contributed by atoms with Gasteiger partial charge in [-0.05, 0) is 58.1 Å². The minimum absolute atomic E-state index is 0. The summed E-state index contributed by atoms with van der Waals surface area (Å²) in [6, 6.07) is 1.72. The molecular formula is C26H40O2V. The summed E-state index contributed by atoms with van der Waals surface area (Å²) in [5, 5.41) is 10.3. The summed E-state index contributed by atoms with van der Waals surface area (Å²) >= 11 is 0. The van der Waals surface area contributed by atoms with Crippen LogP contribution < -0.4 is 4.74 Å². The molecule has 0 unspecified atom stereocenters. The average molecular weight is 436 g/mol. The third-order valence-electron chi connectivity index (χ3n) is 4.15. The molecule has 0 saturated carbocycles. The number of rotatable bonds is 5. The molecule has 29 heavy (non-hydrogen) atoms. The number of hydrogen-bond donors (Lipinski definition) is 1. The zero-order valence-corrected chi connectivity index (χ0v) is 20.8. The minimum Gasteiger partial charge on any atom is -0.508 e. The Labute approximate surface area is 191 Å². The van der Waals surface area contributed by atoms with Crippen molar-refractivity contribution in [2.45, 2.75) is 60.8 Å². The molecule has 2 nitrogen and oxygen atoms in total. The van der Waals surface area contributed by atoms with Gasteiger partial charge in [0.15, 0.2) is 0 Å². The van der Waals surface area contributed by atoms with Crippen molar-refractivity contribution in [1.29, 1.82) is 0 Å². The average Bonchev–Trinajstić information content (AvgIpc) is 3.06. The molecule has 1 heterocycles.